The molecule has 4 nitrogen and oxygen atoms in total. The van der Waals surface area contributed by atoms with Crippen molar-refractivity contribution < 1.29 is 19.4 Å². The first-order valence-electron chi connectivity index (χ1n) is 4.94. The smallest absolute Gasteiger partial charge is 0.306 e. The molecule has 0 aromatic rings. The minimum absolute atomic E-state index is 0.159. The van der Waals surface area contributed by atoms with Crippen molar-refractivity contribution in [2.24, 2.45) is 11.8 Å². The van der Waals surface area contributed by atoms with Gasteiger partial charge in [0.1, 0.15) is 0 Å². The van der Waals surface area contributed by atoms with E-state index in [0.29, 0.717) is 12.8 Å². The molecule has 1 N–H and O–H groups in total. The van der Waals surface area contributed by atoms with Gasteiger partial charge in [0, 0.05) is 6.42 Å². The predicted octanol–water partition coefficient (Wildman–Crippen LogP) is 1.44. The summed E-state index contributed by atoms with van der Waals surface area (Å²) in [5.41, 5.74) is 0. The second-order valence-electron chi connectivity index (χ2n) is 3.75. The molecule has 0 radical (unpaired) electrons. The third-order valence-electron chi connectivity index (χ3n) is 2.92. The molecule has 0 saturated heterocycles. The largest absolute Gasteiger partial charge is 0.481 e. The summed E-state index contributed by atoms with van der Waals surface area (Å²) in [5, 5.41) is 8.89. The molecule has 0 bridgehead atoms. The molecule has 1 rings (SSSR count). The van der Waals surface area contributed by atoms with Crippen LogP contribution in [0, 0.1) is 11.8 Å². The van der Waals surface area contributed by atoms with Crippen molar-refractivity contribution in [2.45, 2.75) is 32.1 Å². The fourth-order valence-corrected chi connectivity index (χ4v) is 2.11. The number of carboxylic acids is 1. The van der Waals surface area contributed by atoms with Gasteiger partial charge in [-0.1, -0.05) is 6.42 Å². The Morgan fingerprint density at radius 2 is 2.14 bits per heavy atom. The molecule has 0 spiro atoms. The number of hydrogen-bond acceptors (Lipinski definition) is 3. The summed E-state index contributed by atoms with van der Waals surface area (Å²) < 4.78 is 4.52. The fourth-order valence-electron chi connectivity index (χ4n) is 2.11. The lowest BCUT2D eigenvalue weighted by molar-refractivity contribution is -0.145. The van der Waals surface area contributed by atoms with Crippen LogP contribution in [-0.2, 0) is 14.3 Å². The van der Waals surface area contributed by atoms with Crippen LogP contribution in [0.5, 0.6) is 0 Å². The lowest BCUT2D eigenvalue weighted by Crippen LogP contribution is -2.19. The first-order valence-corrected chi connectivity index (χ1v) is 4.94. The maximum atomic E-state index is 10.9. The van der Waals surface area contributed by atoms with Gasteiger partial charge in [0.25, 0.3) is 0 Å². The van der Waals surface area contributed by atoms with E-state index in [1.54, 1.807) is 0 Å². The number of carbonyl (C=O) groups is 2. The van der Waals surface area contributed by atoms with Crippen LogP contribution in [0.25, 0.3) is 0 Å². The van der Waals surface area contributed by atoms with Crippen molar-refractivity contribution in [2.75, 3.05) is 7.11 Å². The van der Waals surface area contributed by atoms with E-state index in [4.69, 9.17) is 5.11 Å². The van der Waals surface area contributed by atoms with Gasteiger partial charge >= 0.3 is 11.9 Å². The zero-order valence-corrected chi connectivity index (χ0v) is 8.36. The Kier molecular flexibility index (Phi) is 3.92. The number of methoxy groups -OCH3 is 1. The molecule has 1 fully saturated rings. The monoisotopic (exact) mass is 200 g/mol. The molecule has 1 saturated carbocycles. The van der Waals surface area contributed by atoms with Crippen LogP contribution in [0.1, 0.15) is 32.1 Å². The van der Waals surface area contributed by atoms with Crippen LogP contribution < -0.4 is 0 Å². The molecule has 0 aliphatic heterocycles. The zero-order valence-electron chi connectivity index (χ0n) is 8.36. The van der Waals surface area contributed by atoms with Crippen molar-refractivity contribution >= 4 is 11.9 Å². The van der Waals surface area contributed by atoms with E-state index in [1.165, 1.54) is 7.11 Å². The lowest BCUT2D eigenvalue weighted by atomic mass is 9.92. The van der Waals surface area contributed by atoms with E-state index in [2.05, 4.69) is 4.74 Å². The third kappa shape index (κ3) is 2.72. The number of ether oxygens (including phenoxy) is 1. The molecule has 0 aromatic heterocycles. The second-order valence-corrected chi connectivity index (χ2v) is 3.75. The molecule has 1 aliphatic rings. The van der Waals surface area contributed by atoms with Crippen molar-refractivity contribution in [1.82, 2.24) is 0 Å². The first-order chi connectivity index (χ1) is 6.65. The van der Waals surface area contributed by atoms with E-state index in [1.807, 2.05) is 0 Å². The van der Waals surface area contributed by atoms with Gasteiger partial charge in [-0.2, -0.15) is 0 Å². The minimum atomic E-state index is -0.725. The van der Waals surface area contributed by atoms with Crippen molar-refractivity contribution in [1.29, 1.82) is 0 Å². The summed E-state index contributed by atoms with van der Waals surface area (Å²) >= 11 is 0. The van der Waals surface area contributed by atoms with Gasteiger partial charge in [-0.05, 0) is 25.2 Å². The molecule has 14 heavy (non-hydrogen) atoms. The molecule has 80 valence electrons. The van der Waals surface area contributed by atoms with Gasteiger partial charge in [0.05, 0.1) is 13.0 Å². The Balaban J connectivity index is 2.36. The Hall–Kier alpha value is -1.06. The summed E-state index contributed by atoms with van der Waals surface area (Å²) in [6.07, 6.45) is 3.62. The fraction of sp³-hybridized carbons (Fsp3) is 0.800. The van der Waals surface area contributed by atoms with Crippen molar-refractivity contribution in [3.05, 3.63) is 0 Å². The summed E-state index contributed by atoms with van der Waals surface area (Å²) in [4.78, 5) is 21.7. The Morgan fingerprint density at radius 3 is 2.71 bits per heavy atom. The van der Waals surface area contributed by atoms with Crippen LogP contribution >= 0.6 is 0 Å². The molecular weight excluding hydrogens is 184 g/mol. The van der Waals surface area contributed by atoms with Crippen LogP contribution in [0.3, 0.4) is 0 Å². The average Bonchev–Trinajstić information content (AvgIpc) is 2.62. The number of esters is 1. The highest BCUT2D eigenvalue weighted by Gasteiger charge is 2.32. The van der Waals surface area contributed by atoms with Crippen LogP contribution in [0.4, 0.5) is 0 Å². The quantitative estimate of drug-likeness (QED) is 0.697. The maximum absolute atomic E-state index is 10.9. The maximum Gasteiger partial charge on any atom is 0.306 e. The highest BCUT2D eigenvalue weighted by molar-refractivity contribution is 5.71. The van der Waals surface area contributed by atoms with Crippen LogP contribution in [0.2, 0.25) is 0 Å². The van der Waals surface area contributed by atoms with Crippen molar-refractivity contribution in [3.63, 3.8) is 0 Å². The summed E-state index contributed by atoms with van der Waals surface area (Å²) in [5.74, 6) is -1.07. The Morgan fingerprint density at radius 1 is 1.43 bits per heavy atom. The molecule has 2 atom stereocenters. The standard InChI is InChI=1S/C10H16O4/c1-14-9(11)6-5-7-3-2-4-8(7)10(12)13/h7-8H,2-6H2,1H3,(H,12,13). The number of aliphatic carboxylic acids is 1. The number of rotatable bonds is 4. The normalized spacial score (nSPS) is 26.1. The summed E-state index contributed by atoms with van der Waals surface area (Å²) in [6.45, 7) is 0. The van der Waals surface area contributed by atoms with E-state index in [9.17, 15) is 9.59 Å². The number of hydrogen-bond donors (Lipinski definition) is 1. The van der Waals surface area contributed by atoms with E-state index in [0.717, 1.165) is 19.3 Å². The molecule has 4 heteroatoms. The molecule has 0 heterocycles. The van der Waals surface area contributed by atoms with Crippen molar-refractivity contribution in [3.8, 4) is 0 Å². The van der Waals surface area contributed by atoms with E-state index < -0.39 is 5.97 Å². The third-order valence-corrected chi connectivity index (χ3v) is 2.92. The minimum Gasteiger partial charge on any atom is -0.481 e. The first kappa shape index (κ1) is 11.0. The van der Waals surface area contributed by atoms with Gasteiger partial charge in [-0.15, -0.1) is 0 Å². The molecule has 1 aliphatic carbocycles. The van der Waals surface area contributed by atoms with E-state index >= 15 is 0 Å². The van der Waals surface area contributed by atoms with Gasteiger partial charge in [0.2, 0.25) is 0 Å². The van der Waals surface area contributed by atoms with Gasteiger partial charge in [-0.3, -0.25) is 9.59 Å². The van der Waals surface area contributed by atoms with Crippen LogP contribution in [-0.4, -0.2) is 24.2 Å². The number of carbonyl (C=O) groups excluding carboxylic acids is 1. The molecule has 0 aromatic carbocycles. The lowest BCUT2D eigenvalue weighted by Gasteiger charge is -2.14. The Bertz CT molecular complexity index is 224. The molecular formula is C10H16O4. The topological polar surface area (TPSA) is 63.6 Å². The predicted molar refractivity (Wildman–Crippen MR) is 49.7 cm³/mol. The summed E-state index contributed by atoms with van der Waals surface area (Å²) in [6, 6.07) is 0. The number of carboxylic acid groups (broad SMARTS) is 1. The average molecular weight is 200 g/mol. The molecule has 0 amide bonds. The highest BCUT2D eigenvalue weighted by atomic mass is 16.5. The van der Waals surface area contributed by atoms with Gasteiger partial charge < -0.3 is 9.84 Å². The van der Waals surface area contributed by atoms with E-state index in [-0.39, 0.29) is 17.8 Å². The van der Waals surface area contributed by atoms with Gasteiger partial charge in [0.15, 0.2) is 0 Å². The van der Waals surface area contributed by atoms with Gasteiger partial charge in [-0.25, -0.2) is 0 Å². The Labute approximate surface area is 83.2 Å². The second kappa shape index (κ2) is 4.98. The van der Waals surface area contributed by atoms with Crippen LogP contribution in [0.15, 0.2) is 0 Å². The molecule has 2 unspecified atom stereocenters. The highest BCUT2D eigenvalue weighted by Crippen LogP contribution is 2.35. The zero-order chi connectivity index (χ0) is 10.6. The SMILES string of the molecule is COC(=O)CCC1CCCC1C(=O)O. The summed E-state index contributed by atoms with van der Waals surface area (Å²) in [7, 11) is 1.35.